The van der Waals surface area contributed by atoms with Gasteiger partial charge in [-0.1, -0.05) is 25.7 Å². The Kier molecular flexibility index (Phi) is 10.9. The fourth-order valence-electron chi connectivity index (χ4n) is 1.35. The first kappa shape index (κ1) is 13.5. The second kappa shape index (κ2) is 10.5. The van der Waals surface area contributed by atoms with E-state index >= 15 is 0 Å². The topological polar surface area (TPSA) is 48.1 Å². The number of nitrogens with one attached hydrogen (secondary N) is 4. The molecule has 1 rings (SSSR count). The van der Waals surface area contributed by atoms with E-state index in [1.165, 1.54) is 38.5 Å². The summed E-state index contributed by atoms with van der Waals surface area (Å²) in [5.41, 5.74) is 11.9. The van der Waals surface area contributed by atoms with Gasteiger partial charge in [0.25, 0.3) is 0 Å². The standard InChI is InChI=1S/C8H20N4.Zn/c1-2-4-6-8-10-12-11-9-7-5-3-1;/h9-12H,1-8H2;. The number of hydrazine groups is 3. The maximum absolute atomic E-state index is 3.08. The van der Waals surface area contributed by atoms with Crippen LogP contribution in [0.5, 0.6) is 0 Å². The maximum atomic E-state index is 3.08. The Labute approximate surface area is 93.3 Å². The summed E-state index contributed by atoms with van der Waals surface area (Å²) >= 11 is 0. The summed E-state index contributed by atoms with van der Waals surface area (Å²) in [5, 5.41) is 0. The smallest absolute Gasteiger partial charge is 0.0113 e. The second-order valence-electron chi connectivity index (χ2n) is 3.22. The van der Waals surface area contributed by atoms with Crippen molar-refractivity contribution in [1.82, 2.24) is 21.9 Å². The molecule has 0 aromatic rings. The van der Waals surface area contributed by atoms with Gasteiger partial charge in [0.2, 0.25) is 0 Å². The summed E-state index contributed by atoms with van der Waals surface area (Å²) in [7, 11) is 0. The van der Waals surface area contributed by atoms with Crippen molar-refractivity contribution in [3.05, 3.63) is 0 Å². The van der Waals surface area contributed by atoms with Crippen molar-refractivity contribution in [3.8, 4) is 0 Å². The van der Waals surface area contributed by atoms with Gasteiger partial charge in [0.1, 0.15) is 0 Å². The summed E-state index contributed by atoms with van der Waals surface area (Å²) in [5.74, 6) is 0. The molecule has 0 saturated carbocycles. The van der Waals surface area contributed by atoms with Crippen molar-refractivity contribution in [2.45, 2.75) is 38.5 Å². The minimum atomic E-state index is 0. The van der Waals surface area contributed by atoms with Gasteiger partial charge in [-0.3, -0.25) is 0 Å². The fraction of sp³-hybridized carbons (Fsp3) is 1.00. The van der Waals surface area contributed by atoms with Gasteiger partial charge in [-0.2, -0.15) is 11.1 Å². The number of rotatable bonds is 0. The SMILES string of the molecule is C1CCCCNNNNCCC1.[Zn]. The molecule has 0 spiro atoms. The van der Waals surface area contributed by atoms with Crippen LogP contribution in [0.4, 0.5) is 0 Å². The predicted octanol–water partition coefficient (Wildman–Crippen LogP) is 0.442. The molecule has 74 valence electrons. The molecule has 1 heterocycles. The van der Waals surface area contributed by atoms with E-state index in [1.54, 1.807) is 0 Å². The Bertz CT molecular complexity index is 59.1. The molecule has 1 fully saturated rings. The molecule has 0 bridgehead atoms. The zero-order chi connectivity index (χ0) is 8.49. The van der Waals surface area contributed by atoms with Crippen LogP contribution in [0, 0.1) is 0 Å². The van der Waals surface area contributed by atoms with Crippen molar-refractivity contribution in [2.24, 2.45) is 0 Å². The van der Waals surface area contributed by atoms with Crippen LogP contribution < -0.4 is 21.9 Å². The first-order valence-electron chi connectivity index (χ1n) is 4.96. The molecule has 0 atom stereocenters. The third kappa shape index (κ3) is 8.78. The molecule has 4 N–H and O–H groups in total. The van der Waals surface area contributed by atoms with Crippen LogP contribution in [0.3, 0.4) is 0 Å². The van der Waals surface area contributed by atoms with Crippen molar-refractivity contribution < 1.29 is 19.5 Å². The third-order valence-corrected chi connectivity index (χ3v) is 2.09. The zero-order valence-corrected chi connectivity index (χ0v) is 11.3. The Hall–Kier alpha value is 0.463. The molecular weight excluding hydrogens is 218 g/mol. The van der Waals surface area contributed by atoms with Crippen LogP contribution in [0.25, 0.3) is 0 Å². The average molecular weight is 238 g/mol. The van der Waals surface area contributed by atoms with E-state index < -0.39 is 0 Å². The molecule has 4 nitrogen and oxygen atoms in total. The molecule has 0 aromatic heterocycles. The van der Waals surface area contributed by atoms with E-state index in [-0.39, 0.29) is 19.5 Å². The van der Waals surface area contributed by atoms with Gasteiger partial charge >= 0.3 is 0 Å². The van der Waals surface area contributed by atoms with E-state index in [9.17, 15) is 0 Å². The molecule has 0 aliphatic carbocycles. The van der Waals surface area contributed by atoms with Gasteiger partial charge in [0, 0.05) is 32.6 Å². The Morgan fingerprint density at radius 2 is 0.923 bits per heavy atom. The van der Waals surface area contributed by atoms with E-state index in [0.717, 1.165) is 13.1 Å². The van der Waals surface area contributed by atoms with Crippen LogP contribution in [0.15, 0.2) is 0 Å². The molecule has 13 heavy (non-hydrogen) atoms. The summed E-state index contributed by atoms with van der Waals surface area (Å²) in [6.45, 7) is 2.07. The zero-order valence-electron chi connectivity index (χ0n) is 8.36. The first-order chi connectivity index (χ1) is 6.00. The summed E-state index contributed by atoms with van der Waals surface area (Å²) in [6.07, 6.45) is 7.98. The molecule has 0 radical (unpaired) electrons. The van der Waals surface area contributed by atoms with Crippen LogP contribution in [-0.2, 0) is 19.5 Å². The van der Waals surface area contributed by atoms with Crippen molar-refractivity contribution >= 4 is 0 Å². The van der Waals surface area contributed by atoms with Crippen molar-refractivity contribution in [2.75, 3.05) is 13.1 Å². The second-order valence-corrected chi connectivity index (χ2v) is 3.22. The van der Waals surface area contributed by atoms with Crippen LogP contribution >= 0.6 is 0 Å². The summed E-state index contributed by atoms with van der Waals surface area (Å²) in [4.78, 5) is 0. The van der Waals surface area contributed by atoms with Gasteiger partial charge < -0.3 is 0 Å². The van der Waals surface area contributed by atoms with E-state index in [4.69, 9.17) is 0 Å². The number of hydrogen-bond acceptors (Lipinski definition) is 4. The van der Waals surface area contributed by atoms with Crippen LogP contribution in [0.2, 0.25) is 0 Å². The van der Waals surface area contributed by atoms with Gasteiger partial charge in [0.05, 0.1) is 0 Å². The Morgan fingerprint density at radius 1 is 0.538 bits per heavy atom. The van der Waals surface area contributed by atoms with Gasteiger partial charge in [-0.15, -0.1) is 0 Å². The molecule has 1 saturated heterocycles. The average Bonchev–Trinajstić information content (AvgIpc) is 2.05. The predicted molar refractivity (Wildman–Crippen MR) is 50.0 cm³/mol. The van der Waals surface area contributed by atoms with Crippen molar-refractivity contribution in [3.63, 3.8) is 0 Å². The maximum Gasteiger partial charge on any atom is 0.0113 e. The first-order valence-corrected chi connectivity index (χ1v) is 4.96. The fourth-order valence-corrected chi connectivity index (χ4v) is 1.35. The minimum absolute atomic E-state index is 0. The van der Waals surface area contributed by atoms with Crippen LogP contribution in [0.1, 0.15) is 38.5 Å². The van der Waals surface area contributed by atoms with Crippen LogP contribution in [-0.4, -0.2) is 13.1 Å². The molecule has 5 heteroatoms. The monoisotopic (exact) mass is 236 g/mol. The largest absolute Gasteiger partial charge is 0.243 e. The van der Waals surface area contributed by atoms with E-state index in [0.29, 0.717) is 0 Å². The van der Waals surface area contributed by atoms with E-state index in [1.807, 2.05) is 0 Å². The van der Waals surface area contributed by atoms with E-state index in [2.05, 4.69) is 21.9 Å². The normalized spacial score (nSPS) is 22.2. The molecule has 0 unspecified atom stereocenters. The van der Waals surface area contributed by atoms with Gasteiger partial charge in [-0.25, -0.2) is 10.9 Å². The molecule has 1 aliphatic rings. The molecule has 0 aromatic carbocycles. The molecular formula is C8H20N4Zn. The molecule has 0 amide bonds. The quantitative estimate of drug-likeness (QED) is 0.462. The van der Waals surface area contributed by atoms with Crippen molar-refractivity contribution in [1.29, 1.82) is 0 Å². The van der Waals surface area contributed by atoms with Gasteiger partial charge in [0.15, 0.2) is 0 Å². The Balaban J connectivity index is 0.00000144. The number of hydrogen-bond donors (Lipinski definition) is 4. The van der Waals surface area contributed by atoms with Gasteiger partial charge in [-0.05, 0) is 12.8 Å². The minimum Gasteiger partial charge on any atom is -0.243 e. The summed E-state index contributed by atoms with van der Waals surface area (Å²) < 4.78 is 0. The summed E-state index contributed by atoms with van der Waals surface area (Å²) in [6, 6.07) is 0. The third-order valence-electron chi connectivity index (χ3n) is 2.09. The molecule has 1 aliphatic heterocycles. The Morgan fingerprint density at radius 3 is 1.38 bits per heavy atom.